The summed E-state index contributed by atoms with van der Waals surface area (Å²) in [7, 11) is 0. The standard InChI is InChI=1S/C10H12O2/c1-6-3-4-8-7(2)10(11)12-5-9(6)8/h3,5,7-8H,4H2,1-2H3/t7-,8-/m0/s1. The molecule has 1 aliphatic carbocycles. The van der Waals surface area contributed by atoms with Crippen LogP contribution >= 0.6 is 0 Å². The van der Waals surface area contributed by atoms with E-state index in [2.05, 4.69) is 13.0 Å². The Morgan fingerprint density at radius 1 is 1.58 bits per heavy atom. The van der Waals surface area contributed by atoms with E-state index in [1.165, 1.54) is 11.1 Å². The van der Waals surface area contributed by atoms with E-state index in [4.69, 9.17) is 4.74 Å². The average molecular weight is 164 g/mol. The SMILES string of the molecule is CC1=CC[C@@H]2C1=COC(=O)[C@H]2C. The fourth-order valence-corrected chi connectivity index (χ4v) is 1.89. The first-order chi connectivity index (χ1) is 5.70. The molecule has 2 aliphatic rings. The lowest BCUT2D eigenvalue weighted by molar-refractivity contribution is -0.145. The van der Waals surface area contributed by atoms with Crippen molar-refractivity contribution in [1.29, 1.82) is 0 Å². The van der Waals surface area contributed by atoms with E-state index in [0.717, 1.165) is 6.42 Å². The molecule has 0 aromatic heterocycles. The van der Waals surface area contributed by atoms with Gasteiger partial charge in [0.1, 0.15) is 0 Å². The minimum atomic E-state index is -0.0909. The zero-order valence-electron chi connectivity index (χ0n) is 7.33. The highest BCUT2D eigenvalue weighted by molar-refractivity contribution is 5.75. The Hall–Kier alpha value is -1.05. The van der Waals surface area contributed by atoms with Gasteiger partial charge in [-0.15, -0.1) is 0 Å². The van der Waals surface area contributed by atoms with Gasteiger partial charge in [-0.1, -0.05) is 13.0 Å². The first kappa shape index (κ1) is 7.59. The van der Waals surface area contributed by atoms with Crippen molar-refractivity contribution in [3.63, 3.8) is 0 Å². The molecule has 2 nitrogen and oxygen atoms in total. The smallest absolute Gasteiger partial charge is 0.314 e. The highest BCUT2D eigenvalue weighted by Gasteiger charge is 2.34. The maximum atomic E-state index is 11.2. The van der Waals surface area contributed by atoms with Crippen molar-refractivity contribution in [2.24, 2.45) is 11.8 Å². The molecule has 0 amide bonds. The minimum absolute atomic E-state index is 0.0266. The van der Waals surface area contributed by atoms with Crippen LogP contribution < -0.4 is 0 Å². The number of esters is 1. The second-order valence-corrected chi connectivity index (χ2v) is 3.53. The molecule has 12 heavy (non-hydrogen) atoms. The molecule has 0 spiro atoms. The first-order valence-electron chi connectivity index (χ1n) is 4.28. The molecular formula is C10H12O2. The predicted molar refractivity (Wildman–Crippen MR) is 45.2 cm³/mol. The van der Waals surface area contributed by atoms with Gasteiger partial charge < -0.3 is 4.74 Å². The monoisotopic (exact) mass is 164 g/mol. The number of allylic oxidation sites excluding steroid dienone is 3. The molecule has 0 unspecified atom stereocenters. The molecule has 2 rings (SSSR count). The van der Waals surface area contributed by atoms with Crippen molar-refractivity contribution in [3.05, 3.63) is 23.5 Å². The zero-order valence-corrected chi connectivity index (χ0v) is 7.33. The summed E-state index contributed by atoms with van der Waals surface area (Å²) < 4.78 is 4.93. The van der Waals surface area contributed by atoms with Gasteiger partial charge >= 0.3 is 5.97 Å². The molecule has 2 heteroatoms. The summed E-state index contributed by atoms with van der Waals surface area (Å²) in [5.41, 5.74) is 2.47. The van der Waals surface area contributed by atoms with E-state index in [9.17, 15) is 4.79 Å². The third-order valence-corrected chi connectivity index (χ3v) is 2.81. The molecule has 0 N–H and O–H groups in total. The van der Waals surface area contributed by atoms with E-state index in [0.29, 0.717) is 5.92 Å². The average Bonchev–Trinajstić information content (AvgIpc) is 2.41. The van der Waals surface area contributed by atoms with Crippen molar-refractivity contribution >= 4 is 5.97 Å². The van der Waals surface area contributed by atoms with Crippen molar-refractivity contribution < 1.29 is 9.53 Å². The van der Waals surface area contributed by atoms with Gasteiger partial charge in [-0.05, 0) is 24.5 Å². The summed E-state index contributed by atoms with van der Waals surface area (Å²) in [5, 5.41) is 0. The Kier molecular flexibility index (Phi) is 1.56. The molecule has 0 aromatic carbocycles. The number of carbonyl (C=O) groups excluding carboxylic acids is 1. The first-order valence-corrected chi connectivity index (χ1v) is 4.28. The Bertz CT molecular complexity index is 286. The van der Waals surface area contributed by atoms with Gasteiger partial charge in [-0.25, -0.2) is 0 Å². The number of rotatable bonds is 0. The van der Waals surface area contributed by atoms with Crippen LogP contribution in [0.25, 0.3) is 0 Å². The fourth-order valence-electron chi connectivity index (χ4n) is 1.89. The topological polar surface area (TPSA) is 26.3 Å². The van der Waals surface area contributed by atoms with Gasteiger partial charge in [-0.3, -0.25) is 4.79 Å². The molecule has 1 aliphatic heterocycles. The lowest BCUT2D eigenvalue weighted by Crippen LogP contribution is -2.25. The molecule has 0 bridgehead atoms. The van der Waals surface area contributed by atoms with Gasteiger partial charge in [0.15, 0.2) is 0 Å². The fraction of sp³-hybridized carbons (Fsp3) is 0.500. The summed E-state index contributed by atoms with van der Waals surface area (Å²) in [6.07, 6.45) is 4.79. The zero-order chi connectivity index (χ0) is 8.72. The van der Waals surface area contributed by atoms with E-state index >= 15 is 0 Å². The Morgan fingerprint density at radius 2 is 2.33 bits per heavy atom. The Labute approximate surface area is 71.9 Å². The van der Waals surface area contributed by atoms with Crippen LogP contribution in [0.3, 0.4) is 0 Å². The van der Waals surface area contributed by atoms with E-state index in [1.807, 2.05) is 6.92 Å². The molecule has 64 valence electrons. The quantitative estimate of drug-likeness (QED) is 0.512. The van der Waals surface area contributed by atoms with Gasteiger partial charge in [0.2, 0.25) is 0 Å². The summed E-state index contributed by atoms with van der Waals surface area (Å²) in [4.78, 5) is 11.2. The van der Waals surface area contributed by atoms with Crippen LogP contribution in [0.1, 0.15) is 20.3 Å². The largest absolute Gasteiger partial charge is 0.434 e. The molecular weight excluding hydrogens is 152 g/mol. The van der Waals surface area contributed by atoms with E-state index in [1.54, 1.807) is 6.26 Å². The van der Waals surface area contributed by atoms with Gasteiger partial charge in [0, 0.05) is 5.92 Å². The van der Waals surface area contributed by atoms with Crippen LogP contribution in [0.5, 0.6) is 0 Å². The van der Waals surface area contributed by atoms with Crippen LogP contribution in [-0.4, -0.2) is 5.97 Å². The van der Waals surface area contributed by atoms with Gasteiger partial charge in [-0.2, -0.15) is 0 Å². The lowest BCUT2D eigenvalue weighted by atomic mass is 9.86. The van der Waals surface area contributed by atoms with Gasteiger partial charge in [0.25, 0.3) is 0 Å². The van der Waals surface area contributed by atoms with Crippen molar-refractivity contribution in [2.75, 3.05) is 0 Å². The molecule has 1 heterocycles. The summed E-state index contributed by atoms with van der Waals surface area (Å²) in [6.45, 7) is 4.00. The number of carbonyl (C=O) groups is 1. The molecule has 0 saturated heterocycles. The Balaban J connectivity index is 2.33. The van der Waals surface area contributed by atoms with Crippen molar-refractivity contribution in [2.45, 2.75) is 20.3 Å². The summed E-state index contributed by atoms with van der Waals surface area (Å²) in [6, 6.07) is 0. The number of hydrogen-bond donors (Lipinski definition) is 0. The summed E-state index contributed by atoms with van der Waals surface area (Å²) in [5.74, 6) is 0.316. The second-order valence-electron chi connectivity index (χ2n) is 3.53. The number of cyclic esters (lactones) is 1. The van der Waals surface area contributed by atoms with Gasteiger partial charge in [0.05, 0.1) is 12.2 Å². The van der Waals surface area contributed by atoms with Crippen LogP contribution in [0, 0.1) is 11.8 Å². The van der Waals surface area contributed by atoms with E-state index < -0.39 is 0 Å². The molecule has 2 atom stereocenters. The van der Waals surface area contributed by atoms with Crippen LogP contribution in [0.15, 0.2) is 23.5 Å². The number of ether oxygens (including phenoxy) is 1. The molecule has 0 aromatic rings. The molecule has 0 saturated carbocycles. The van der Waals surface area contributed by atoms with Crippen molar-refractivity contribution in [1.82, 2.24) is 0 Å². The van der Waals surface area contributed by atoms with Crippen LogP contribution in [-0.2, 0) is 9.53 Å². The molecule has 0 radical (unpaired) electrons. The van der Waals surface area contributed by atoms with Crippen molar-refractivity contribution in [3.8, 4) is 0 Å². The summed E-state index contributed by atoms with van der Waals surface area (Å²) >= 11 is 0. The highest BCUT2D eigenvalue weighted by atomic mass is 16.5. The Morgan fingerprint density at radius 3 is 3.08 bits per heavy atom. The number of hydrogen-bond acceptors (Lipinski definition) is 2. The third-order valence-electron chi connectivity index (χ3n) is 2.81. The lowest BCUT2D eigenvalue weighted by Gasteiger charge is -2.23. The highest BCUT2D eigenvalue weighted by Crippen LogP contribution is 2.39. The van der Waals surface area contributed by atoms with Crippen LogP contribution in [0.2, 0.25) is 0 Å². The maximum absolute atomic E-state index is 11.2. The molecule has 0 fully saturated rings. The second kappa shape index (κ2) is 2.47. The normalized spacial score (nSPS) is 33.7. The maximum Gasteiger partial charge on any atom is 0.314 e. The predicted octanol–water partition coefficient (Wildman–Crippen LogP) is 2.03. The third kappa shape index (κ3) is 0.909. The number of fused-ring (bicyclic) bond motifs is 1. The van der Waals surface area contributed by atoms with E-state index in [-0.39, 0.29) is 11.9 Å². The minimum Gasteiger partial charge on any atom is -0.434 e. The van der Waals surface area contributed by atoms with Crippen LogP contribution in [0.4, 0.5) is 0 Å².